The fourth-order valence-corrected chi connectivity index (χ4v) is 4.25. The number of halogens is 1. The molecule has 0 aliphatic carbocycles. The van der Waals surface area contributed by atoms with Crippen molar-refractivity contribution in [2.45, 2.75) is 45.2 Å². The first-order valence-corrected chi connectivity index (χ1v) is 8.66. The maximum absolute atomic E-state index is 12.7. The number of nitrogens with one attached hydrogen (secondary N) is 1. The molecule has 0 aliphatic heterocycles. The molecule has 0 spiro atoms. The van der Waals surface area contributed by atoms with Crippen molar-refractivity contribution in [1.82, 2.24) is 9.62 Å². The molecule has 0 fully saturated rings. The third kappa shape index (κ3) is 3.63. The molecule has 0 bridgehead atoms. The van der Waals surface area contributed by atoms with Gasteiger partial charge in [0, 0.05) is 19.2 Å². The van der Waals surface area contributed by atoms with Gasteiger partial charge in [0.25, 0.3) is 0 Å². The molecule has 1 unspecified atom stereocenters. The zero-order valence-corrected chi connectivity index (χ0v) is 15.2. The highest BCUT2D eigenvalue weighted by molar-refractivity contribution is 9.10. The van der Waals surface area contributed by atoms with Crippen molar-refractivity contribution >= 4 is 26.0 Å². The van der Waals surface area contributed by atoms with Crippen molar-refractivity contribution in [3.63, 3.8) is 0 Å². The highest BCUT2D eigenvalue weighted by Crippen LogP contribution is 2.32. The zero-order valence-electron chi connectivity index (χ0n) is 12.8. The second-order valence-electron chi connectivity index (χ2n) is 5.94. The lowest BCUT2D eigenvalue weighted by atomic mass is 9.88. The molecule has 0 amide bonds. The Kier molecular flexibility index (Phi) is 5.46. The molecular formula is C13H23BrN2O3S. The first-order valence-electron chi connectivity index (χ1n) is 6.42. The largest absolute Gasteiger partial charge is 0.452 e. The first-order chi connectivity index (χ1) is 9.01. The van der Waals surface area contributed by atoms with Gasteiger partial charge in [-0.3, -0.25) is 0 Å². The lowest BCUT2D eigenvalue weighted by Crippen LogP contribution is -2.42. The monoisotopic (exact) mass is 366 g/mol. The second kappa shape index (κ2) is 6.17. The van der Waals surface area contributed by atoms with Gasteiger partial charge in [-0.15, -0.1) is 0 Å². The third-order valence-electron chi connectivity index (χ3n) is 3.51. The van der Waals surface area contributed by atoms with Gasteiger partial charge in [0.05, 0.1) is 6.54 Å². The van der Waals surface area contributed by atoms with Crippen molar-refractivity contribution in [2.24, 2.45) is 5.41 Å². The summed E-state index contributed by atoms with van der Waals surface area (Å²) in [6.07, 6.45) is 0. The van der Waals surface area contributed by atoms with Gasteiger partial charge in [0.2, 0.25) is 10.0 Å². The normalized spacial score (nSPS) is 14.8. The standard InChI is InChI=1S/C13H23BrN2O3S/c1-9(13(2,3)4)16(6)20(17,18)11-7-10(8-15-5)19-12(11)14/h7,9,15H,8H2,1-6H3. The van der Waals surface area contributed by atoms with Crippen LogP contribution < -0.4 is 5.32 Å². The Labute approximate surface area is 129 Å². The van der Waals surface area contributed by atoms with Crippen LogP contribution in [0.5, 0.6) is 0 Å². The quantitative estimate of drug-likeness (QED) is 0.869. The van der Waals surface area contributed by atoms with Gasteiger partial charge in [0.15, 0.2) is 4.67 Å². The number of furan rings is 1. The molecule has 7 heteroatoms. The summed E-state index contributed by atoms with van der Waals surface area (Å²) >= 11 is 3.19. The lowest BCUT2D eigenvalue weighted by Gasteiger charge is -2.34. The molecule has 1 N–H and O–H groups in total. The molecule has 0 aliphatic rings. The average Bonchev–Trinajstić information content (AvgIpc) is 2.68. The highest BCUT2D eigenvalue weighted by Gasteiger charge is 2.34. The molecule has 0 radical (unpaired) electrons. The summed E-state index contributed by atoms with van der Waals surface area (Å²) in [5, 5.41) is 2.93. The van der Waals surface area contributed by atoms with Crippen LogP contribution in [0.3, 0.4) is 0 Å². The Morgan fingerprint density at radius 3 is 2.45 bits per heavy atom. The van der Waals surface area contributed by atoms with E-state index in [2.05, 4.69) is 21.2 Å². The van der Waals surface area contributed by atoms with Crippen LogP contribution in [-0.4, -0.2) is 32.9 Å². The van der Waals surface area contributed by atoms with Crippen molar-refractivity contribution in [3.8, 4) is 0 Å². The Hall–Kier alpha value is -0.370. The zero-order chi connectivity index (χ0) is 15.7. The molecule has 1 atom stereocenters. The summed E-state index contributed by atoms with van der Waals surface area (Å²) in [6, 6.07) is 1.42. The van der Waals surface area contributed by atoms with Gasteiger partial charge in [-0.25, -0.2) is 8.42 Å². The van der Waals surface area contributed by atoms with E-state index in [9.17, 15) is 8.42 Å². The van der Waals surface area contributed by atoms with Crippen molar-refractivity contribution in [3.05, 3.63) is 16.5 Å². The molecule has 0 saturated carbocycles. The minimum absolute atomic E-state index is 0.137. The van der Waals surface area contributed by atoms with Gasteiger partial charge < -0.3 is 9.73 Å². The smallest absolute Gasteiger partial charge is 0.247 e. The van der Waals surface area contributed by atoms with Crippen LogP contribution in [0.15, 0.2) is 20.0 Å². The predicted molar refractivity (Wildman–Crippen MR) is 83.0 cm³/mol. The van der Waals surface area contributed by atoms with Crippen LogP contribution in [0.25, 0.3) is 0 Å². The molecular weight excluding hydrogens is 344 g/mol. The highest BCUT2D eigenvalue weighted by atomic mass is 79.9. The second-order valence-corrected chi connectivity index (χ2v) is 8.63. The van der Waals surface area contributed by atoms with Crippen LogP contribution in [0.4, 0.5) is 0 Å². The van der Waals surface area contributed by atoms with Crippen LogP contribution in [-0.2, 0) is 16.6 Å². The maximum Gasteiger partial charge on any atom is 0.247 e. The summed E-state index contributed by atoms with van der Waals surface area (Å²) in [5.41, 5.74) is -0.147. The molecule has 0 aromatic carbocycles. The number of rotatable bonds is 5. The topological polar surface area (TPSA) is 62.6 Å². The Morgan fingerprint density at radius 2 is 2.00 bits per heavy atom. The van der Waals surface area contributed by atoms with E-state index >= 15 is 0 Å². The number of hydrogen-bond acceptors (Lipinski definition) is 4. The van der Waals surface area contributed by atoms with Gasteiger partial charge in [0.1, 0.15) is 10.7 Å². The summed E-state index contributed by atoms with van der Waals surface area (Å²) in [5.74, 6) is 0.578. The Bertz CT molecular complexity index is 561. The third-order valence-corrected chi connectivity index (χ3v) is 6.30. The van der Waals surface area contributed by atoms with E-state index in [1.807, 2.05) is 27.7 Å². The molecule has 1 rings (SSSR count). The number of sulfonamides is 1. The van der Waals surface area contributed by atoms with Gasteiger partial charge >= 0.3 is 0 Å². The number of nitrogens with zero attached hydrogens (tertiary/aromatic N) is 1. The van der Waals surface area contributed by atoms with Crippen molar-refractivity contribution in [1.29, 1.82) is 0 Å². The van der Waals surface area contributed by atoms with E-state index in [4.69, 9.17) is 4.42 Å². The summed E-state index contributed by atoms with van der Waals surface area (Å²) < 4.78 is 32.4. The van der Waals surface area contributed by atoms with Gasteiger partial charge in [-0.05, 0) is 35.3 Å². The minimum atomic E-state index is -3.58. The van der Waals surface area contributed by atoms with Crippen LogP contribution in [0, 0.1) is 5.41 Å². The average molecular weight is 367 g/mol. The lowest BCUT2D eigenvalue weighted by molar-refractivity contribution is 0.216. The van der Waals surface area contributed by atoms with Crippen LogP contribution in [0.1, 0.15) is 33.5 Å². The number of hydrogen-bond donors (Lipinski definition) is 1. The summed E-state index contributed by atoms with van der Waals surface area (Å²) in [7, 11) is -0.209. The molecule has 1 aromatic rings. The fraction of sp³-hybridized carbons (Fsp3) is 0.692. The molecule has 5 nitrogen and oxygen atoms in total. The molecule has 1 heterocycles. The molecule has 116 valence electrons. The Balaban J connectivity index is 3.17. The van der Waals surface area contributed by atoms with E-state index in [0.29, 0.717) is 12.3 Å². The first kappa shape index (κ1) is 17.7. The van der Waals surface area contributed by atoms with Crippen LogP contribution >= 0.6 is 15.9 Å². The van der Waals surface area contributed by atoms with Gasteiger partial charge in [-0.2, -0.15) is 4.31 Å². The SMILES string of the molecule is CNCc1cc(S(=O)(=O)N(C)C(C)C(C)(C)C)c(Br)o1. The van der Waals surface area contributed by atoms with Crippen LogP contribution in [0.2, 0.25) is 0 Å². The van der Waals surface area contributed by atoms with E-state index in [0.717, 1.165) is 0 Å². The summed E-state index contributed by atoms with van der Waals surface area (Å²) in [6.45, 7) is 8.42. The van der Waals surface area contributed by atoms with E-state index in [1.54, 1.807) is 20.2 Å². The maximum atomic E-state index is 12.7. The molecule has 20 heavy (non-hydrogen) atoms. The van der Waals surface area contributed by atoms with Crippen molar-refractivity contribution < 1.29 is 12.8 Å². The van der Waals surface area contributed by atoms with Crippen molar-refractivity contribution in [2.75, 3.05) is 14.1 Å². The van der Waals surface area contributed by atoms with E-state index in [1.165, 1.54) is 4.31 Å². The minimum Gasteiger partial charge on any atom is -0.452 e. The van der Waals surface area contributed by atoms with Gasteiger partial charge in [-0.1, -0.05) is 20.8 Å². The van der Waals surface area contributed by atoms with E-state index < -0.39 is 10.0 Å². The Morgan fingerprint density at radius 1 is 1.45 bits per heavy atom. The van der Waals surface area contributed by atoms with E-state index in [-0.39, 0.29) is 21.0 Å². The molecule has 0 saturated heterocycles. The fourth-order valence-electron chi connectivity index (χ4n) is 1.74. The predicted octanol–water partition coefficient (Wildman–Crippen LogP) is 2.82. The summed E-state index contributed by atoms with van der Waals surface area (Å²) in [4.78, 5) is 0.168. The molecule has 1 aromatic heterocycles.